The molecule has 1 unspecified atom stereocenters. The minimum absolute atomic E-state index is 0.400. The highest BCUT2D eigenvalue weighted by Gasteiger charge is 1.96. The molecule has 0 aliphatic heterocycles. The zero-order valence-electron chi connectivity index (χ0n) is 16.1. The highest BCUT2D eigenvalue weighted by molar-refractivity contribution is 7.80. The summed E-state index contributed by atoms with van der Waals surface area (Å²) < 4.78 is 21.2. The summed E-state index contributed by atoms with van der Waals surface area (Å²) >= 11 is 4.23. The Morgan fingerprint density at radius 3 is 1.48 bits per heavy atom. The topological polar surface area (TPSA) is 57.2 Å². The normalized spacial score (nSPS) is 12.6. The van der Waals surface area contributed by atoms with Crippen LogP contribution in [0, 0.1) is 0 Å². The number of aliphatic hydroxyl groups excluding tert-OH is 1. The van der Waals surface area contributed by atoms with Gasteiger partial charge in [0.2, 0.25) is 0 Å². The lowest BCUT2D eigenvalue weighted by Gasteiger charge is -2.08. The van der Waals surface area contributed by atoms with Crippen LogP contribution in [0.25, 0.3) is 0 Å². The summed E-state index contributed by atoms with van der Waals surface area (Å²) in [4.78, 5) is 0. The van der Waals surface area contributed by atoms with E-state index < -0.39 is 6.29 Å². The van der Waals surface area contributed by atoms with Crippen LogP contribution in [0.15, 0.2) is 0 Å². The predicted octanol–water partition coefficient (Wildman–Crippen LogP) is 3.83. The summed E-state index contributed by atoms with van der Waals surface area (Å²) in [7, 11) is 0. The zero-order valence-corrected chi connectivity index (χ0v) is 17.0. The van der Waals surface area contributed by atoms with Gasteiger partial charge >= 0.3 is 0 Å². The molecule has 25 heavy (non-hydrogen) atoms. The lowest BCUT2D eigenvalue weighted by Crippen LogP contribution is -2.14. The van der Waals surface area contributed by atoms with Crippen molar-refractivity contribution >= 4 is 12.6 Å². The Labute approximate surface area is 160 Å². The molecule has 5 nitrogen and oxygen atoms in total. The highest BCUT2D eigenvalue weighted by Crippen LogP contribution is 2.09. The molecule has 0 saturated carbocycles. The second kappa shape index (κ2) is 22.2. The summed E-state index contributed by atoms with van der Waals surface area (Å²) in [5, 5.41) is 8.89. The molecule has 0 saturated heterocycles. The third-order valence-corrected chi connectivity index (χ3v) is 4.09. The van der Waals surface area contributed by atoms with Gasteiger partial charge in [0.25, 0.3) is 0 Å². The van der Waals surface area contributed by atoms with Crippen molar-refractivity contribution in [2.75, 3.05) is 52.0 Å². The van der Waals surface area contributed by atoms with Crippen LogP contribution in [0.2, 0.25) is 0 Å². The Morgan fingerprint density at radius 1 is 0.600 bits per heavy atom. The second-order valence-corrected chi connectivity index (χ2v) is 6.66. The van der Waals surface area contributed by atoms with Crippen LogP contribution in [0.3, 0.4) is 0 Å². The molecule has 0 heterocycles. The maximum absolute atomic E-state index is 8.89. The summed E-state index contributed by atoms with van der Waals surface area (Å²) in [5.74, 6) is 1.03. The van der Waals surface area contributed by atoms with Crippen molar-refractivity contribution in [2.45, 2.75) is 71.0 Å². The van der Waals surface area contributed by atoms with Gasteiger partial charge in [-0.2, -0.15) is 12.6 Å². The molecule has 0 radical (unpaired) electrons. The highest BCUT2D eigenvalue weighted by atomic mass is 32.1. The Morgan fingerprint density at radius 2 is 1.00 bits per heavy atom. The molecule has 1 N–H and O–H groups in total. The summed E-state index contributed by atoms with van der Waals surface area (Å²) in [5.41, 5.74) is 0. The number of thiol groups is 1. The number of hydrogen-bond donors (Lipinski definition) is 2. The van der Waals surface area contributed by atoms with Crippen LogP contribution in [0.1, 0.15) is 64.7 Å². The van der Waals surface area contributed by atoms with Crippen LogP contribution >= 0.6 is 12.6 Å². The van der Waals surface area contributed by atoms with Gasteiger partial charge in [-0.05, 0) is 25.5 Å². The van der Waals surface area contributed by atoms with Crippen molar-refractivity contribution in [1.29, 1.82) is 0 Å². The zero-order chi connectivity index (χ0) is 18.4. The third kappa shape index (κ3) is 24.1. The van der Waals surface area contributed by atoms with Gasteiger partial charge in [-0.3, -0.25) is 0 Å². The molecule has 0 aromatic rings. The van der Waals surface area contributed by atoms with E-state index in [4.69, 9.17) is 24.1 Å². The lowest BCUT2D eigenvalue weighted by atomic mass is 10.1. The molecule has 0 aromatic carbocycles. The van der Waals surface area contributed by atoms with Crippen molar-refractivity contribution in [3.05, 3.63) is 0 Å². The number of hydrogen-bond acceptors (Lipinski definition) is 6. The van der Waals surface area contributed by atoms with E-state index in [-0.39, 0.29) is 0 Å². The Hall–Kier alpha value is 0.150. The monoisotopic (exact) mass is 380 g/mol. The average Bonchev–Trinajstić information content (AvgIpc) is 2.60. The number of ether oxygens (including phenoxy) is 4. The SMILES string of the molecule is CC(O)OCCOCCOCCOCCCCCCCCCCCS. The van der Waals surface area contributed by atoms with Gasteiger partial charge in [-0.1, -0.05) is 44.9 Å². The van der Waals surface area contributed by atoms with E-state index in [1.165, 1.54) is 51.4 Å². The average molecular weight is 381 g/mol. The number of rotatable bonds is 21. The van der Waals surface area contributed by atoms with Crippen LogP contribution in [0.5, 0.6) is 0 Å². The fourth-order valence-corrected chi connectivity index (χ4v) is 2.60. The molecule has 1 atom stereocenters. The quantitative estimate of drug-likeness (QED) is 0.180. The van der Waals surface area contributed by atoms with E-state index in [2.05, 4.69) is 12.6 Å². The van der Waals surface area contributed by atoms with Crippen molar-refractivity contribution in [2.24, 2.45) is 0 Å². The van der Waals surface area contributed by atoms with Gasteiger partial charge in [0.15, 0.2) is 6.29 Å². The lowest BCUT2D eigenvalue weighted by molar-refractivity contribution is -0.102. The predicted molar refractivity (Wildman–Crippen MR) is 105 cm³/mol. The molecular weight excluding hydrogens is 340 g/mol. The fourth-order valence-electron chi connectivity index (χ4n) is 2.37. The summed E-state index contributed by atoms with van der Waals surface area (Å²) in [6, 6.07) is 0. The van der Waals surface area contributed by atoms with Gasteiger partial charge in [-0.15, -0.1) is 0 Å². The first-order valence-electron chi connectivity index (χ1n) is 9.91. The standard InChI is InChI=1S/C19H40O5S/c1-19(20)24-17-16-23-15-14-22-13-12-21-11-9-7-5-3-2-4-6-8-10-18-25/h19-20,25H,2-18H2,1H3. The Bertz CT molecular complexity index is 242. The largest absolute Gasteiger partial charge is 0.379 e. The van der Waals surface area contributed by atoms with E-state index >= 15 is 0 Å². The van der Waals surface area contributed by atoms with E-state index in [0.717, 1.165) is 18.8 Å². The molecule has 0 aliphatic rings. The second-order valence-electron chi connectivity index (χ2n) is 6.21. The molecular formula is C19H40O5S. The van der Waals surface area contributed by atoms with Crippen LogP contribution in [-0.2, 0) is 18.9 Å². The van der Waals surface area contributed by atoms with Crippen LogP contribution in [0.4, 0.5) is 0 Å². The maximum atomic E-state index is 8.89. The molecule has 6 heteroatoms. The minimum Gasteiger partial charge on any atom is -0.379 e. The van der Waals surface area contributed by atoms with E-state index in [1.54, 1.807) is 6.92 Å². The van der Waals surface area contributed by atoms with E-state index in [9.17, 15) is 0 Å². The van der Waals surface area contributed by atoms with Crippen molar-refractivity contribution < 1.29 is 24.1 Å². The van der Waals surface area contributed by atoms with Crippen molar-refractivity contribution in [3.63, 3.8) is 0 Å². The number of aliphatic hydroxyl groups is 1. The molecule has 0 amide bonds. The summed E-state index contributed by atoms with van der Waals surface area (Å²) in [6.07, 6.45) is 11.1. The van der Waals surface area contributed by atoms with Crippen LogP contribution in [-0.4, -0.2) is 63.4 Å². The molecule has 0 rings (SSSR count). The van der Waals surface area contributed by atoms with Crippen molar-refractivity contribution in [1.82, 2.24) is 0 Å². The van der Waals surface area contributed by atoms with Crippen molar-refractivity contribution in [3.8, 4) is 0 Å². The van der Waals surface area contributed by atoms with Gasteiger partial charge in [0.1, 0.15) is 0 Å². The number of unbranched alkanes of at least 4 members (excludes halogenated alkanes) is 8. The molecule has 0 aliphatic carbocycles. The first kappa shape index (κ1) is 25.1. The van der Waals surface area contributed by atoms with E-state index in [1.807, 2.05) is 0 Å². The molecule has 0 spiro atoms. The Kier molecular flexibility index (Phi) is 22.3. The van der Waals surface area contributed by atoms with Gasteiger partial charge in [-0.25, -0.2) is 0 Å². The van der Waals surface area contributed by atoms with Gasteiger partial charge < -0.3 is 24.1 Å². The molecule has 152 valence electrons. The molecule has 0 aromatic heterocycles. The fraction of sp³-hybridized carbons (Fsp3) is 1.00. The molecule has 0 bridgehead atoms. The smallest absolute Gasteiger partial charge is 0.151 e. The summed E-state index contributed by atoms with van der Waals surface area (Å²) in [6.45, 7) is 5.65. The van der Waals surface area contributed by atoms with Crippen LogP contribution < -0.4 is 0 Å². The first-order valence-corrected chi connectivity index (χ1v) is 10.5. The Balaban J connectivity index is 2.96. The first-order chi connectivity index (χ1) is 12.3. The maximum Gasteiger partial charge on any atom is 0.151 e. The van der Waals surface area contributed by atoms with Gasteiger partial charge in [0.05, 0.1) is 39.6 Å². The van der Waals surface area contributed by atoms with E-state index in [0.29, 0.717) is 39.6 Å². The third-order valence-electron chi connectivity index (χ3n) is 3.78. The minimum atomic E-state index is -0.731. The molecule has 0 fully saturated rings. The van der Waals surface area contributed by atoms with Gasteiger partial charge in [0, 0.05) is 6.61 Å².